The van der Waals surface area contributed by atoms with Gasteiger partial charge in [-0.15, -0.1) is 11.3 Å². The van der Waals surface area contributed by atoms with Crippen molar-refractivity contribution in [2.45, 2.75) is 13.1 Å². The molecule has 0 saturated carbocycles. The minimum atomic E-state index is -4.78. The van der Waals surface area contributed by atoms with Gasteiger partial charge in [-0.2, -0.15) is 13.2 Å². The molecule has 0 aliphatic carbocycles. The zero-order valence-corrected chi connectivity index (χ0v) is 14.1. The molecule has 1 amide bonds. The van der Waals surface area contributed by atoms with E-state index in [2.05, 4.69) is 10.3 Å². The molecule has 0 atom stereocenters. The molecule has 5 nitrogen and oxygen atoms in total. The molecule has 1 aromatic carbocycles. The highest BCUT2D eigenvalue weighted by Gasteiger charge is 2.35. The molecule has 0 aliphatic rings. The highest BCUT2D eigenvalue weighted by atomic mass is 35.5. The van der Waals surface area contributed by atoms with Crippen LogP contribution in [-0.2, 0) is 6.18 Å². The second-order valence-electron chi connectivity index (χ2n) is 5.11. The van der Waals surface area contributed by atoms with E-state index in [9.17, 15) is 22.8 Å². The number of nitrogens with one attached hydrogen (secondary N) is 2. The lowest BCUT2D eigenvalue weighted by Gasteiger charge is -2.04. The van der Waals surface area contributed by atoms with E-state index in [0.717, 1.165) is 11.3 Å². The first-order valence-electron chi connectivity index (χ1n) is 6.84. The molecule has 2 N–H and O–H groups in total. The van der Waals surface area contributed by atoms with Crippen LogP contribution in [0, 0.1) is 6.92 Å². The smallest absolute Gasteiger partial charge is 0.321 e. The Morgan fingerprint density at radius 2 is 1.92 bits per heavy atom. The first kappa shape index (κ1) is 17.4. The number of H-pyrrole nitrogens is 1. The van der Waals surface area contributed by atoms with E-state index in [4.69, 9.17) is 11.6 Å². The molecular formula is C15H9ClF3N3O2S. The van der Waals surface area contributed by atoms with Gasteiger partial charge in [0.05, 0.1) is 10.3 Å². The molecule has 2 aromatic heterocycles. The van der Waals surface area contributed by atoms with Gasteiger partial charge < -0.3 is 10.3 Å². The zero-order chi connectivity index (χ0) is 18.4. The van der Waals surface area contributed by atoms with Crippen molar-refractivity contribution in [1.82, 2.24) is 9.97 Å². The molecule has 130 valence electrons. The monoisotopic (exact) mass is 387 g/mol. The van der Waals surface area contributed by atoms with Crippen molar-refractivity contribution < 1.29 is 18.0 Å². The van der Waals surface area contributed by atoms with Gasteiger partial charge in [-0.25, -0.2) is 4.98 Å². The highest BCUT2D eigenvalue weighted by molar-refractivity contribution is 7.20. The summed E-state index contributed by atoms with van der Waals surface area (Å²) in [5.74, 6) is -1.94. The summed E-state index contributed by atoms with van der Waals surface area (Å²) in [7, 11) is 0. The van der Waals surface area contributed by atoms with Crippen LogP contribution in [0.2, 0.25) is 5.02 Å². The first-order chi connectivity index (χ1) is 11.7. The predicted molar refractivity (Wildman–Crippen MR) is 89.4 cm³/mol. The third kappa shape index (κ3) is 3.38. The number of thiophene rings is 1. The lowest BCUT2D eigenvalue weighted by atomic mass is 10.2. The van der Waals surface area contributed by atoms with Crippen molar-refractivity contribution in [3.63, 3.8) is 0 Å². The molecule has 0 radical (unpaired) electrons. The summed E-state index contributed by atoms with van der Waals surface area (Å²) in [6, 6.07) is 6.32. The molecule has 3 aromatic rings. The van der Waals surface area contributed by atoms with E-state index in [1.807, 2.05) is 0 Å². The summed E-state index contributed by atoms with van der Waals surface area (Å²) in [5.41, 5.74) is -0.199. The molecule has 0 fully saturated rings. The number of halogens is 4. The minimum absolute atomic E-state index is 0.0285. The van der Waals surface area contributed by atoms with E-state index in [-0.39, 0.29) is 20.7 Å². The number of benzene rings is 1. The summed E-state index contributed by atoms with van der Waals surface area (Å²) in [4.78, 5) is 29.5. The fourth-order valence-electron chi connectivity index (χ4n) is 2.22. The average molecular weight is 388 g/mol. The van der Waals surface area contributed by atoms with Gasteiger partial charge in [0.15, 0.2) is 0 Å². The number of rotatable bonds is 2. The molecule has 0 unspecified atom stereocenters. The van der Waals surface area contributed by atoms with Crippen LogP contribution in [0.15, 0.2) is 29.1 Å². The Kier molecular flexibility index (Phi) is 4.29. The lowest BCUT2D eigenvalue weighted by molar-refractivity contribution is -0.144. The molecule has 0 spiro atoms. The van der Waals surface area contributed by atoms with E-state index in [0.29, 0.717) is 10.7 Å². The third-order valence-electron chi connectivity index (χ3n) is 3.38. The van der Waals surface area contributed by atoms with E-state index >= 15 is 0 Å². The van der Waals surface area contributed by atoms with Crippen molar-refractivity contribution >= 4 is 44.7 Å². The van der Waals surface area contributed by atoms with Gasteiger partial charge in [0.25, 0.3) is 11.5 Å². The molecule has 2 heterocycles. The fourth-order valence-corrected chi connectivity index (χ4v) is 3.42. The maximum atomic E-state index is 12.8. The molecule has 10 heteroatoms. The number of aryl methyl sites for hydroxylation is 1. The topological polar surface area (TPSA) is 74.8 Å². The number of fused-ring (bicyclic) bond motifs is 1. The Morgan fingerprint density at radius 1 is 1.28 bits per heavy atom. The van der Waals surface area contributed by atoms with E-state index in [1.165, 1.54) is 6.92 Å². The van der Waals surface area contributed by atoms with Crippen LogP contribution in [0.25, 0.3) is 10.2 Å². The maximum Gasteiger partial charge on any atom is 0.449 e. The number of nitrogens with zero attached hydrogens (tertiary/aromatic N) is 1. The highest BCUT2D eigenvalue weighted by Crippen LogP contribution is 2.31. The number of alkyl halides is 3. The molecule has 0 saturated heterocycles. The van der Waals surface area contributed by atoms with Crippen LogP contribution >= 0.6 is 22.9 Å². The SMILES string of the molecule is Cc1c(C(=O)Nc2ccc(Cl)cc2)sc2nc(C(F)(F)F)[nH]c(=O)c12. The largest absolute Gasteiger partial charge is 0.449 e. The molecule has 0 bridgehead atoms. The number of carbonyl (C=O) groups excluding carboxylic acids is 1. The Balaban J connectivity index is 2.03. The van der Waals surface area contributed by atoms with Crippen LogP contribution in [0.4, 0.5) is 18.9 Å². The van der Waals surface area contributed by atoms with Crippen molar-refractivity contribution in [1.29, 1.82) is 0 Å². The number of aromatic nitrogens is 2. The lowest BCUT2D eigenvalue weighted by Crippen LogP contribution is -2.18. The molecular weight excluding hydrogens is 379 g/mol. The van der Waals surface area contributed by atoms with Gasteiger partial charge in [0.1, 0.15) is 4.83 Å². The van der Waals surface area contributed by atoms with Gasteiger partial charge >= 0.3 is 6.18 Å². The van der Waals surface area contributed by atoms with Gasteiger partial charge in [0, 0.05) is 10.7 Å². The average Bonchev–Trinajstić information content (AvgIpc) is 2.86. The van der Waals surface area contributed by atoms with Crippen molar-refractivity contribution in [2.75, 3.05) is 5.32 Å². The van der Waals surface area contributed by atoms with Crippen LogP contribution in [0.1, 0.15) is 21.1 Å². The molecule has 3 rings (SSSR count). The maximum absolute atomic E-state index is 12.8. The standard InChI is InChI=1S/C15H9ClF3N3O2S/c1-6-9-11(23)21-14(15(17,18)19)22-13(9)25-10(6)12(24)20-8-4-2-7(16)3-5-8/h2-5H,1H3,(H,20,24)(H,21,22,23). The van der Waals surface area contributed by atoms with Crippen molar-refractivity contribution in [2.24, 2.45) is 0 Å². The number of carbonyl (C=O) groups is 1. The molecule has 0 aliphatic heterocycles. The van der Waals surface area contributed by atoms with E-state index < -0.39 is 23.5 Å². The number of amides is 1. The van der Waals surface area contributed by atoms with Crippen LogP contribution in [0.3, 0.4) is 0 Å². The number of aromatic amines is 1. The van der Waals surface area contributed by atoms with Crippen molar-refractivity contribution in [3.8, 4) is 0 Å². The Hall–Kier alpha value is -2.39. The van der Waals surface area contributed by atoms with Gasteiger partial charge in [-0.05, 0) is 36.8 Å². The predicted octanol–water partition coefficient (Wildman–Crippen LogP) is 4.22. The fraction of sp³-hybridized carbons (Fsp3) is 0.133. The first-order valence-corrected chi connectivity index (χ1v) is 8.04. The third-order valence-corrected chi connectivity index (χ3v) is 4.81. The summed E-state index contributed by atoms with van der Waals surface area (Å²) in [6.07, 6.45) is -4.78. The van der Waals surface area contributed by atoms with Gasteiger partial charge in [-0.3, -0.25) is 9.59 Å². The van der Waals surface area contributed by atoms with Crippen LogP contribution in [-0.4, -0.2) is 15.9 Å². The van der Waals surface area contributed by atoms with Crippen molar-refractivity contribution in [3.05, 3.63) is 55.9 Å². The van der Waals surface area contributed by atoms with E-state index in [1.54, 1.807) is 29.2 Å². The van der Waals surface area contributed by atoms with Gasteiger partial charge in [-0.1, -0.05) is 11.6 Å². The second-order valence-corrected chi connectivity index (χ2v) is 6.55. The second kappa shape index (κ2) is 6.16. The zero-order valence-electron chi connectivity index (χ0n) is 12.5. The summed E-state index contributed by atoms with van der Waals surface area (Å²) in [5, 5.41) is 3.07. The number of hydrogen-bond donors (Lipinski definition) is 2. The summed E-state index contributed by atoms with van der Waals surface area (Å²) in [6.45, 7) is 1.49. The Morgan fingerprint density at radius 3 is 2.52 bits per heavy atom. The van der Waals surface area contributed by atoms with Crippen LogP contribution in [0.5, 0.6) is 0 Å². The number of hydrogen-bond acceptors (Lipinski definition) is 4. The number of anilines is 1. The van der Waals surface area contributed by atoms with Gasteiger partial charge in [0.2, 0.25) is 5.82 Å². The summed E-state index contributed by atoms with van der Waals surface area (Å²) >= 11 is 6.49. The summed E-state index contributed by atoms with van der Waals surface area (Å²) < 4.78 is 38.3. The normalized spacial score (nSPS) is 11.7. The minimum Gasteiger partial charge on any atom is -0.321 e. The Bertz CT molecular complexity index is 1030. The molecule has 25 heavy (non-hydrogen) atoms. The quantitative estimate of drug-likeness (QED) is 0.691. The van der Waals surface area contributed by atoms with Crippen LogP contribution < -0.4 is 10.9 Å². The Labute approximate surface area is 147 Å².